The number of rotatable bonds is 2. The molecule has 4 heteroatoms. The Balaban J connectivity index is 1.65. The zero-order chi connectivity index (χ0) is 13.1. The molecule has 2 heterocycles. The SMILES string of the molecule is Fc1cnccc1N1CCCN(C2CCCC2)CC1. The van der Waals surface area contributed by atoms with Gasteiger partial charge in [0.05, 0.1) is 11.9 Å². The lowest BCUT2D eigenvalue weighted by molar-refractivity contribution is 0.213. The van der Waals surface area contributed by atoms with Crippen LogP contribution in [0.25, 0.3) is 0 Å². The summed E-state index contributed by atoms with van der Waals surface area (Å²) in [5.41, 5.74) is 0.711. The number of pyridine rings is 1. The normalized spacial score (nSPS) is 22.7. The maximum absolute atomic E-state index is 13.8. The molecular formula is C15H22FN3. The summed E-state index contributed by atoms with van der Waals surface area (Å²) in [5.74, 6) is -0.197. The van der Waals surface area contributed by atoms with Gasteiger partial charge in [0.2, 0.25) is 0 Å². The minimum absolute atomic E-state index is 0.197. The molecule has 104 valence electrons. The van der Waals surface area contributed by atoms with Crippen molar-refractivity contribution in [3.63, 3.8) is 0 Å². The van der Waals surface area contributed by atoms with Gasteiger partial charge in [-0.3, -0.25) is 9.88 Å². The van der Waals surface area contributed by atoms with E-state index in [0.717, 1.165) is 38.6 Å². The van der Waals surface area contributed by atoms with Gasteiger partial charge in [-0.15, -0.1) is 0 Å². The zero-order valence-corrected chi connectivity index (χ0v) is 11.4. The molecule has 1 aromatic heterocycles. The van der Waals surface area contributed by atoms with Crippen LogP contribution in [0.2, 0.25) is 0 Å². The molecule has 2 aliphatic rings. The van der Waals surface area contributed by atoms with Crippen molar-refractivity contribution in [3.05, 3.63) is 24.3 Å². The lowest BCUT2D eigenvalue weighted by Crippen LogP contribution is -2.37. The van der Waals surface area contributed by atoms with Gasteiger partial charge in [0.25, 0.3) is 0 Å². The van der Waals surface area contributed by atoms with E-state index in [-0.39, 0.29) is 5.82 Å². The molecule has 0 N–H and O–H groups in total. The number of halogens is 1. The van der Waals surface area contributed by atoms with Gasteiger partial charge in [0.1, 0.15) is 0 Å². The predicted octanol–water partition coefficient (Wildman–Crippen LogP) is 2.68. The Labute approximate surface area is 114 Å². The third-order valence-corrected chi connectivity index (χ3v) is 4.46. The summed E-state index contributed by atoms with van der Waals surface area (Å²) in [5, 5.41) is 0. The fourth-order valence-corrected chi connectivity index (χ4v) is 3.44. The average molecular weight is 263 g/mol. The van der Waals surface area contributed by atoms with Crippen molar-refractivity contribution in [1.82, 2.24) is 9.88 Å². The molecule has 0 bridgehead atoms. The summed E-state index contributed by atoms with van der Waals surface area (Å²) in [6.07, 6.45) is 9.58. The van der Waals surface area contributed by atoms with Crippen molar-refractivity contribution in [2.24, 2.45) is 0 Å². The molecule has 2 fully saturated rings. The summed E-state index contributed by atoms with van der Waals surface area (Å²) in [7, 11) is 0. The lowest BCUT2D eigenvalue weighted by Gasteiger charge is -2.27. The molecule has 1 saturated heterocycles. The Morgan fingerprint density at radius 3 is 2.68 bits per heavy atom. The fraction of sp³-hybridized carbons (Fsp3) is 0.667. The molecule has 1 aromatic rings. The minimum Gasteiger partial charge on any atom is -0.368 e. The minimum atomic E-state index is -0.197. The van der Waals surface area contributed by atoms with Crippen LogP contribution in [-0.2, 0) is 0 Å². The highest BCUT2D eigenvalue weighted by molar-refractivity contribution is 5.46. The molecule has 1 aliphatic heterocycles. The van der Waals surface area contributed by atoms with Gasteiger partial charge in [-0.25, -0.2) is 4.39 Å². The first kappa shape index (κ1) is 12.9. The van der Waals surface area contributed by atoms with Crippen LogP contribution in [0.1, 0.15) is 32.1 Å². The van der Waals surface area contributed by atoms with Crippen molar-refractivity contribution < 1.29 is 4.39 Å². The van der Waals surface area contributed by atoms with Gasteiger partial charge < -0.3 is 4.90 Å². The van der Waals surface area contributed by atoms with Crippen molar-refractivity contribution in [3.8, 4) is 0 Å². The van der Waals surface area contributed by atoms with E-state index in [4.69, 9.17) is 0 Å². The first-order valence-corrected chi connectivity index (χ1v) is 7.43. The van der Waals surface area contributed by atoms with Crippen molar-refractivity contribution >= 4 is 5.69 Å². The molecule has 0 amide bonds. The average Bonchev–Trinajstić information content (AvgIpc) is 2.85. The number of nitrogens with zero attached hydrogens (tertiary/aromatic N) is 3. The van der Waals surface area contributed by atoms with Crippen LogP contribution < -0.4 is 4.90 Å². The molecule has 0 aromatic carbocycles. The van der Waals surface area contributed by atoms with Crippen LogP contribution >= 0.6 is 0 Å². The van der Waals surface area contributed by atoms with E-state index in [1.54, 1.807) is 12.3 Å². The van der Waals surface area contributed by atoms with Gasteiger partial charge in [-0.05, 0) is 25.3 Å². The third kappa shape index (κ3) is 2.89. The highest BCUT2D eigenvalue weighted by Gasteiger charge is 2.25. The maximum Gasteiger partial charge on any atom is 0.164 e. The van der Waals surface area contributed by atoms with Gasteiger partial charge in [-0.2, -0.15) is 0 Å². The van der Waals surface area contributed by atoms with Crippen LogP contribution in [0.3, 0.4) is 0 Å². The van der Waals surface area contributed by atoms with Gasteiger partial charge in [-0.1, -0.05) is 12.8 Å². The fourth-order valence-electron chi connectivity index (χ4n) is 3.44. The number of anilines is 1. The Kier molecular flexibility index (Phi) is 3.97. The Morgan fingerprint density at radius 1 is 1.05 bits per heavy atom. The molecule has 3 rings (SSSR count). The summed E-state index contributed by atoms with van der Waals surface area (Å²) in [4.78, 5) is 8.62. The molecule has 3 nitrogen and oxygen atoms in total. The second-order valence-electron chi connectivity index (χ2n) is 5.64. The molecule has 1 aliphatic carbocycles. The van der Waals surface area contributed by atoms with E-state index in [9.17, 15) is 4.39 Å². The van der Waals surface area contributed by atoms with E-state index >= 15 is 0 Å². The molecule has 0 spiro atoms. The highest BCUT2D eigenvalue weighted by atomic mass is 19.1. The Bertz CT molecular complexity index is 418. The second-order valence-corrected chi connectivity index (χ2v) is 5.64. The van der Waals surface area contributed by atoms with Gasteiger partial charge in [0.15, 0.2) is 5.82 Å². The number of hydrogen-bond acceptors (Lipinski definition) is 3. The van der Waals surface area contributed by atoms with Gasteiger partial charge >= 0.3 is 0 Å². The quantitative estimate of drug-likeness (QED) is 0.818. The van der Waals surface area contributed by atoms with E-state index < -0.39 is 0 Å². The van der Waals surface area contributed by atoms with Crippen molar-refractivity contribution in [1.29, 1.82) is 0 Å². The molecule has 0 radical (unpaired) electrons. The monoisotopic (exact) mass is 263 g/mol. The predicted molar refractivity (Wildman–Crippen MR) is 74.9 cm³/mol. The first-order chi connectivity index (χ1) is 9.34. The lowest BCUT2D eigenvalue weighted by atomic mass is 10.2. The van der Waals surface area contributed by atoms with Crippen LogP contribution in [0.5, 0.6) is 0 Å². The molecular weight excluding hydrogens is 241 g/mol. The standard InChI is InChI=1S/C15H22FN3/c16-14-12-17-7-6-15(14)19-9-3-8-18(10-11-19)13-4-1-2-5-13/h6-7,12-13H,1-5,8-11H2. The smallest absolute Gasteiger partial charge is 0.164 e. The topological polar surface area (TPSA) is 19.4 Å². The molecule has 0 unspecified atom stereocenters. The first-order valence-electron chi connectivity index (χ1n) is 7.43. The van der Waals surface area contributed by atoms with Crippen LogP contribution in [0.15, 0.2) is 18.5 Å². The third-order valence-electron chi connectivity index (χ3n) is 4.46. The van der Waals surface area contributed by atoms with Crippen molar-refractivity contribution in [2.45, 2.75) is 38.1 Å². The molecule has 0 atom stereocenters. The summed E-state index contributed by atoms with van der Waals surface area (Å²) in [6, 6.07) is 2.57. The van der Waals surface area contributed by atoms with Crippen LogP contribution in [0.4, 0.5) is 10.1 Å². The zero-order valence-electron chi connectivity index (χ0n) is 11.4. The van der Waals surface area contributed by atoms with Crippen molar-refractivity contribution in [2.75, 3.05) is 31.1 Å². The van der Waals surface area contributed by atoms with Crippen LogP contribution in [-0.4, -0.2) is 42.1 Å². The Hall–Kier alpha value is -1.16. The molecule has 1 saturated carbocycles. The Morgan fingerprint density at radius 2 is 1.89 bits per heavy atom. The highest BCUT2D eigenvalue weighted by Crippen LogP contribution is 2.25. The number of hydrogen-bond donors (Lipinski definition) is 0. The molecule has 19 heavy (non-hydrogen) atoms. The van der Waals surface area contributed by atoms with Crippen LogP contribution in [0, 0.1) is 5.82 Å². The summed E-state index contributed by atoms with van der Waals surface area (Å²) in [6.45, 7) is 4.10. The van der Waals surface area contributed by atoms with Gasteiger partial charge in [0, 0.05) is 38.4 Å². The summed E-state index contributed by atoms with van der Waals surface area (Å²) < 4.78 is 13.8. The van der Waals surface area contributed by atoms with E-state index in [2.05, 4.69) is 14.8 Å². The van der Waals surface area contributed by atoms with E-state index in [0.29, 0.717) is 5.69 Å². The second kappa shape index (κ2) is 5.87. The largest absolute Gasteiger partial charge is 0.368 e. The van der Waals surface area contributed by atoms with E-state index in [1.807, 2.05) is 0 Å². The maximum atomic E-state index is 13.8. The summed E-state index contributed by atoms with van der Waals surface area (Å²) >= 11 is 0. The number of aromatic nitrogens is 1. The van der Waals surface area contributed by atoms with E-state index in [1.165, 1.54) is 31.9 Å².